The van der Waals surface area contributed by atoms with Crippen LogP contribution >= 0.6 is 0 Å². The molecule has 1 aromatic carbocycles. The van der Waals surface area contributed by atoms with Crippen LogP contribution in [0.2, 0.25) is 0 Å². The maximum absolute atomic E-state index is 4.10. The summed E-state index contributed by atoms with van der Waals surface area (Å²) in [5, 5.41) is 11.5. The summed E-state index contributed by atoms with van der Waals surface area (Å²) in [5.41, 5.74) is 1.28. The van der Waals surface area contributed by atoms with Crippen LogP contribution in [0.15, 0.2) is 30.3 Å². The van der Waals surface area contributed by atoms with Crippen LogP contribution in [0.5, 0.6) is 0 Å². The van der Waals surface area contributed by atoms with Crippen LogP contribution in [0.4, 0.5) is 0 Å². The number of benzene rings is 1. The fraction of sp³-hybridized carbons (Fsp3) is 0.333. The molecule has 0 spiro atoms. The molecule has 0 radical (unpaired) electrons. The third-order valence-electron chi connectivity index (χ3n) is 2.64. The fourth-order valence-corrected chi connectivity index (χ4v) is 1.52. The molecule has 1 aromatic heterocycles. The summed E-state index contributed by atoms with van der Waals surface area (Å²) < 4.78 is 2.00. The first kappa shape index (κ1) is 10.8. The van der Waals surface area contributed by atoms with Crippen molar-refractivity contribution >= 4 is 0 Å². The molecule has 4 heteroatoms. The topological polar surface area (TPSA) is 42.7 Å². The van der Waals surface area contributed by atoms with Gasteiger partial charge in [-0.15, -0.1) is 10.2 Å². The molecule has 1 heterocycles. The van der Waals surface area contributed by atoms with Gasteiger partial charge in [-0.05, 0) is 12.5 Å². The first-order valence-electron chi connectivity index (χ1n) is 5.37. The Morgan fingerprint density at radius 1 is 1.12 bits per heavy atom. The Balaban J connectivity index is 1.87. The number of nitrogens with zero attached hydrogens (tertiary/aromatic N) is 3. The Kier molecular flexibility index (Phi) is 3.31. The zero-order valence-corrected chi connectivity index (χ0v) is 9.64. The van der Waals surface area contributed by atoms with Crippen molar-refractivity contribution in [3.63, 3.8) is 0 Å². The van der Waals surface area contributed by atoms with Crippen molar-refractivity contribution in [2.24, 2.45) is 7.05 Å². The molecule has 0 saturated heterocycles. The molecule has 4 nitrogen and oxygen atoms in total. The molecule has 0 aliphatic heterocycles. The van der Waals surface area contributed by atoms with Crippen molar-refractivity contribution in [1.29, 1.82) is 0 Å². The highest BCUT2D eigenvalue weighted by molar-refractivity contribution is 5.14. The second-order valence-corrected chi connectivity index (χ2v) is 3.81. The van der Waals surface area contributed by atoms with Crippen LogP contribution in [0.3, 0.4) is 0 Å². The Morgan fingerprint density at radius 3 is 2.50 bits per heavy atom. The van der Waals surface area contributed by atoms with Crippen LogP contribution in [0.25, 0.3) is 0 Å². The van der Waals surface area contributed by atoms with Crippen molar-refractivity contribution < 1.29 is 0 Å². The molecule has 84 valence electrons. The van der Waals surface area contributed by atoms with Crippen molar-refractivity contribution in [1.82, 2.24) is 20.1 Å². The summed E-state index contributed by atoms with van der Waals surface area (Å²) in [6, 6.07) is 10.3. The molecule has 0 atom stereocenters. The highest BCUT2D eigenvalue weighted by atomic mass is 15.3. The SMILES string of the molecule is Cc1nnc(CNCc2ccccc2)n1C. The summed E-state index contributed by atoms with van der Waals surface area (Å²) >= 11 is 0. The van der Waals surface area contributed by atoms with Crippen LogP contribution in [0.1, 0.15) is 17.2 Å². The lowest BCUT2D eigenvalue weighted by atomic mass is 10.2. The zero-order chi connectivity index (χ0) is 11.4. The number of rotatable bonds is 4. The molecule has 0 saturated carbocycles. The standard InChI is InChI=1S/C12H16N4/c1-10-14-15-12(16(10)2)9-13-8-11-6-4-3-5-7-11/h3-7,13H,8-9H2,1-2H3. The van der Waals surface area contributed by atoms with E-state index in [4.69, 9.17) is 0 Å². The van der Waals surface area contributed by atoms with E-state index in [2.05, 4.69) is 27.6 Å². The lowest BCUT2D eigenvalue weighted by molar-refractivity contribution is 0.634. The number of hydrogen-bond donors (Lipinski definition) is 1. The summed E-state index contributed by atoms with van der Waals surface area (Å²) in [4.78, 5) is 0. The molecule has 0 aliphatic rings. The molecule has 0 unspecified atom stereocenters. The van der Waals surface area contributed by atoms with Crippen LogP contribution < -0.4 is 5.32 Å². The summed E-state index contributed by atoms with van der Waals surface area (Å²) in [5.74, 6) is 1.91. The molecular formula is C12H16N4. The summed E-state index contributed by atoms with van der Waals surface area (Å²) in [7, 11) is 1.98. The van der Waals surface area contributed by atoms with E-state index in [9.17, 15) is 0 Å². The predicted molar refractivity (Wildman–Crippen MR) is 62.7 cm³/mol. The van der Waals surface area contributed by atoms with E-state index < -0.39 is 0 Å². The largest absolute Gasteiger partial charge is 0.317 e. The van der Waals surface area contributed by atoms with Gasteiger partial charge in [0.1, 0.15) is 11.6 Å². The Hall–Kier alpha value is -1.68. The second kappa shape index (κ2) is 4.90. The van der Waals surface area contributed by atoms with Gasteiger partial charge in [-0.25, -0.2) is 0 Å². The number of nitrogens with one attached hydrogen (secondary N) is 1. The first-order valence-corrected chi connectivity index (χ1v) is 5.37. The average Bonchev–Trinajstić information content (AvgIpc) is 2.62. The van der Waals surface area contributed by atoms with Crippen LogP contribution in [0, 0.1) is 6.92 Å². The van der Waals surface area contributed by atoms with Gasteiger partial charge in [0.25, 0.3) is 0 Å². The molecule has 2 rings (SSSR count). The van der Waals surface area contributed by atoms with Gasteiger partial charge in [-0.3, -0.25) is 0 Å². The second-order valence-electron chi connectivity index (χ2n) is 3.81. The molecule has 0 bridgehead atoms. The molecule has 0 aliphatic carbocycles. The van der Waals surface area contributed by atoms with Gasteiger partial charge in [0.2, 0.25) is 0 Å². The quantitative estimate of drug-likeness (QED) is 0.840. The predicted octanol–water partition coefficient (Wildman–Crippen LogP) is 1.41. The van der Waals surface area contributed by atoms with E-state index in [1.54, 1.807) is 0 Å². The monoisotopic (exact) mass is 216 g/mol. The minimum Gasteiger partial charge on any atom is -0.317 e. The molecule has 16 heavy (non-hydrogen) atoms. The van der Waals surface area contributed by atoms with Crippen molar-refractivity contribution in [3.8, 4) is 0 Å². The highest BCUT2D eigenvalue weighted by Crippen LogP contribution is 2.00. The fourth-order valence-electron chi connectivity index (χ4n) is 1.52. The van der Waals surface area contributed by atoms with Gasteiger partial charge in [-0.2, -0.15) is 0 Å². The van der Waals surface area contributed by atoms with Gasteiger partial charge in [0.15, 0.2) is 0 Å². The van der Waals surface area contributed by atoms with E-state index in [1.807, 2.05) is 36.7 Å². The number of aromatic nitrogens is 3. The Labute approximate surface area is 95.3 Å². The Morgan fingerprint density at radius 2 is 1.88 bits per heavy atom. The van der Waals surface area contributed by atoms with Gasteiger partial charge in [-0.1, -0.05) is 30.3 Å². The summed E-state index contributed by atoms with van der Waals surface area (Å²) in [6.07, 6.45) is 0. The van der Waals surface area contributed by atoms with Crippen molar-refractivity contribution in [2.45, 2.75) is 20.0 Å². The van der Waals surface area contributed by atoms with Crippen LogP contribution in [-0.4, -0.2) is 14.8 Å². The number of hydrogen-bond acceptors (Lipinski definition) is 3. The first-order chi connectivity index (χ1) is 7.77. The zero-order valence-electron chi connectivity index (χ0n) is 9.64. The maximum Gasteiger partial charge on any atom is 0.146 e. The van der Waals surface area contributed by atoms with Gasteiger partial charge in [0.05, 0.1) is 6.54 Å². The lowest BCUT2D eigenvalue weighted by Gasteiger charge is -2.04. The summed E-state index contributed by atoms with van der Waals surface area (Å²) in [6.45, 7) is 3.55. The number of aryl methyl sites for hydroxylation is 1. The van der Waals surface area contributed by atoms with Gasteiger partial charge < -0.3 is 9.88 Å². The minimum atomic E-state index is 0.742. The molecule has 1 N–H and O–H groups in total. The van der Waals surface area contributed by atoms with E-state index in [0.29, 0.717) is 0 Å². The molecule has 0 fully saturated rings. The molecular weight excluding hydrogens is 200 g/mol. The Bertz CT molecular complexity index is 447. The van der Waals surface area contributed by atoms with Gasteiger partial charge >= 0.3 is 0 Å². The van der Waals surface area contributed by atoms with E-state index in [-0.39, 0.29) is 0 Å². The normalized spacial score (nSPS) is 10.6. The lowest BCUT2D eigenvalue weighted by Crippen LogP contribution is -2.15. The van der Waals surface area contributed by atoms with Crippen LogP contribution in [-0.2, 0) is 20.1 Å². The van der Waals surface area contributed by atoms with Crippen molar-refractivity contribution in [3.05, 3.63) is 47.5 Å². The molecule has 2 aromatic rings. The minimum absolute atomic E-state index is 0.742. The highest BCUT2D eigenvalue weighted by Gasteiger charge is 2.03. The smallest absolute Gasteiger partial charge is 0.146 e. The average molecular weight is 216 g/mol. The van der Waals surface area contributed by atoms with E-state index in [1.165, 1.54) is 5.56 Å². The van der Waals surface area contributed by atoms with Gasteiger partial charge in [0, 0.05) is 13.6 Å². The third kappa shape index (κ3) is 2.46. The van der Waals surface area contributed by atoms with E-state index >= 15 is 0 Å². The third-order valence-corrected chi connectivity index (χ3v) is 2.64. The van der Waals surface area contributed by atoms with E-state index in [0.717, 1.165) is 24.7 Å². The molecule has 0 amide bonds. The maximum atomic E-state index is 4.10. The van der Waals surface area contributed by atoms with Crippen molar-refractivity contribution in [2.75, 3.05) is 0 Å².